The first kappa shape index (κ1) is 17.1. The van der Waals surface area contributed by atoms with Crippen LogP contribution in [0.2, 0.25) is 0 Å². The predicted octanol–water partition coefficient (Wildman–Crippen LogP) is 4.44. The maximum atomic E-state index is 12.9. The predicted molar refractivity (Wildman–Crippen MR) is 93.8 cm³/mol. The number of nitrogens with zero attached hydrogens (tertiary/aromatic N) is 1. The molecular weight excluding hydrogens is 286 g/mol. The van der Waals surface area contributed by atoms with Crippen LogP contribution in [0.5, 0.6) is 5.75 Å². The highest BCUT2D eigenvalue weighted by Gasteiger charge is 2.27. The first-order chi connectivity index (χ1) is 10.8. The average Bonchev–Trinajstić information content (AvgIpc) is 2.52. The second kappa shape index (κ2) is 6.86. The van der Waals surface area contributed by atoms with Gasteiger partial charge in [0.25, 0.3) is 5.91 Å². The molecule has 0 fully saturated rings. The number of rotatable bonds is 4. The van der Waals surface area contributed by atoms with Gasteiger partial charge in [-0.1, -0.05) is 29.8 Å². The quantitative estimate of drug-likeness (QED) is 0.835. The number of carbonyl (C=O) groups excluding carboxylic acids is 1. The summed E-state index contributed by atoms with van der Waals surface area (Å²) in [7, 11) is 1.62. The van der Waals surface area contributed by atoms with Crippen LogP contribution in [0.4, 0.5) is 0 Å². The third kappa shape index (κ3) is 4.35. The Bertz CT molecular complexity index is 652. The number of carbonyl (C=O) groups is 1. The molecule has 0 N–H and O–H groups in total. The first-order valence-corrected chi connectivity index (χ1v) is 7.83. The van der Waals surface area contributed by atoms with Crippen molar-refractivity contribution >= 4 is 5.91 Å². The number of hydrogen-bond donors (Lipinski definition) is 0. The lowest BCUT2D eigenvalue weighted by Gasteiger charge is -2.36. The molecule has 0 aliphatic rings. The van der Waals surface area contributed by atoms with Crippen molar-refractivity contribution in [3.8, 4) is 5.75 Å². The van der Waals surface area contributed by atoms with Crippen LogP contribution in [0.1, 0.15) is 42.3 Å². The molecule has 2 rings (SSSR count). The van der Waals surface area contributed by atoms with Gasteiger partial charge in [-0.2, -0.15) is 0 Å². The van der Waals surface area contributed by atoms with Crippen LogP contribution in [0.15, 0.2) is 48.5 Å². The van der Waals surface area contributed by atoms with E-state index in [0.29, 0.717) is 12.1 Å². The van der Waals surface area contributed by atoms with E-state index in [2.05, 4.69) is 52.0 Å². The number of hydrogen-bond acceptors (Lipinski definition) is 2. The minimum absolute atomic E-state index is 0.0285. The van der Waals surface area contributed by atoms with E-state index in [0.717, 1.165) is 11.3 Å². The van der Waals surface area contributed by atoms with E-state index >= 15 is 0 Å². The van der Waals surface area contributed by atoms with Gasteiger partial charge in [-0.25, -0.2) is 0 Å². The molecule has 3 nitrogen and oxygen atoms in total. The normalized spacial score (nSPS) is 11.2. The van der Waals surface area contributed by atoms with Gasteiger partial charge in [0.05, 0.1) is 7.11 Å². The highest BCUT2D eigenvalue weighted by Crippen LogP contribution is 2.22. The first-order valence-electron chi connectivity index (χ1n) is 7.83. The van der Waals surface area contributed by atoms with Gasteiger partial charge in [-0.3, -0.25) is 4.79 Å². The van der Waals surface area contributed by atoms with E-state index in [9.17, 15) is 4.79 Å². The lowest BCUT2D eigenvalue weighted by molar-refractivity contribution is 0.0559. The molecule has 0 heterocycles. The van der Waals surface area contributed by atoms with Crippen LogP contribution < -0.4 is 4.74 Å². The molecule has 0 spiro atoms. The molecule has 0 bridgehead atoms. The van der Waals surface area contributed by atoms with Gasteiger partial charge >= 0.3 is 0 Å². The highest BCUT2D eigenvalue weighted by molar-refractivity contribution is 5.94. The van der Waals surface area contributed by atoms with Gasteiger partial charge in [0.15, 0.2) is 0 Å². The Balaban J connectivity index is 2.26. The Morgan fingerprint density at radius 2 is 1.57 bits per heavy atom. The second-order valence-electron chi connectivity index (χ2n) is 6.78. The molecule has 0 saturated carbocycles. The fraction of sp³-hybridized carbons (Fsp3) is 0.350. The SMILES string of the molecule is COc1ccc(C(=O)N(Cc2ccc(C)cc2)C(C)(C)C)cc1. The highest BCUT2D eigenvalue weighted by atomic mass is 16.5. The molecule has 1 amide bonds. The van der Waals surface area contributed by atoms with Gasteiger partial charge in [-0.15, -0.1) is 0 Å². The average molecular weight is 311 g/mol. The lowest BCUT2D eigenvalue weighted by Crippen LogP contribution is -2.45. The molecule has 0 aromatic heterocycles. The maximum Gasteiger partial charge on any atom is 0.254 e. The summed E-state index contributed by atoms with van der Waals surface area (Å²) < 4.78 is 5.16. The lowest BCUT2D eigenvalue weighted by atomic mass is 10.0. The van der Waals surface area contributed by atoms with Gasteiger partial charge in [-0.05, 0) is 57.5 Å². The third-order valence-corrected chi connectivity index (χ3v) is 3.85. The summed E-state index contributed by atoms with van der Waals surface area (Å²) in [6.45, 7) is 8.83. The molecule has 2 aromatic carbocycles. The minimum atomic E-state index is -0.262. The van der Waals surface area contributed by atoms with Crippen molar-refractivity contribution in [3.63, 3.8) is 0 Å². The Morgan fingerprint density at radius 1 is 1.00 bits per heavy atom. The van der Waals surface area contributed by atoms with E-state index in [1.54, 1.807) is 7.11 Å². The van der Waals surface area contributed by atoms with Gasteiger partial charge in [0.2, 0.25) is 0 Å². The zero-order chi connectivity index (χ0) is 17.0. The zero-order valence-corrected chi connectivity index (χ0v) is 14.6. The standard InChI is InChI=1S/C20H25NO2/c1-15-6-8-16(9-7-15)14-21(20(2,3)4)19(22)17-10-12-18(23-5)13-11-17/h6-13H,14H2,1-5H3. The number of aryl methyl sites for hydroxylation is 1. The number of amides is 1. The smallest absolute Gasteiger partial charge is 0.254 e. The molecule has 0 atom stereocenters. The van der Waals surface area contributed by atoms with E-state index in [-0.39, 0.29) is 11.4 Å². The number of methoxy groups -OCH3 is 1. The van der Waals surface area contributed by atoms with Gasteiger partial charge in [0.1, 0.15) is 5.75 Å². The second-order valence-corrected chi connectivity index (χ2v) is 6.78. The molecule has 0 radical (unpaired) electrons. The summed E-state index contributed by atoms with van der Waals surface area (Å²) in [5.41, 5.74) is 2.76. The molecule has 2 aromatic rings. The Morgan fingerprint density at radius 3 is 2.04 bits per heavy atom. The Hall–Kier alpha value is -2.29. The van der Waals surface area contributed by atoms with Crippen molar-refractivity contribution in [3.05, 3.63) is 65.2 Å². The van der Waals surface area contributed by atoms with E-state index < -0.39 is 0 Å². The summed E-state index contributed by atoms with van der Waals surface area (Å²) >= 11 is 0. The van der Waals surface area contributed by atoms with Crippen LogP contribution in [-0.4, -0.2) is 23.5 Å². The minimum Gasteiger partial charge on any atom is -0.497 e. The topological polar surface area (TPSA) is 29.5 Å². The third-order valence-electron chi connectivity index (χ3n) is 3.85. The van der Waals surface area contributed by atoms with Crippen LogP contribution in [0, 0.1) is 6.92 Å². The fourth-order valence-corrected chi connectivity index (χ4v) is 2.38. The van der Waals surface area contributed by atoms with Crippen molar-refractivity contribution in [2.75, 3.05) is 7.11 Å². The van der Waals surface area contributed by atoms with Crippen molar-refractivity contribution in [1.82, 2.24) is 4.90 Å². The summed E-state index contributed by atoms with van der Waals surface area (Å²) in [6.07, 6.45) is 0. The molecule has 122 valence electrons. The molecule has 0 saturated heterocycles. The van der Waals surface area contributed by atoms with Crippen molar-refractivity contribution in [2.45, 2.75) is 39.8 Å². The van der Waals surface area contributed by atoms with E-state index in [4.69, 9.17) is 4.74 Å². The van der Waals surface area contributed by atoms with Crippen molar-refractivity contribution < 1.29 is 9.53 Å². The molecule has 3 heteroatoms. The Labute approximate surface area is 138 Å². The van der Waals surface area contributed by atoms with Crippen LogP contribution in [-0.2, 0) is 6.54 Å². The van der Waals surface area contributed by atoms with Gasteiger partial charge < -0.3 is 9.64 Å². The summed E-state index contributed by atoms with van der Waals surface area (Å²) in [5, 5.41) is 0. The Kier molecular flexibility index (Phi) is 5.09. The van der Waals surface area contributed by atoms with Crippen LogP contribution in [0.25, 0.3) is 0 Å². The van der Waals surface area contributed by atoms with Crippen molar-refractivity contribution in [1.29, 1.82) is 0 Å². The summed E-state index contributed by atoms with van der Waals surface area (Å²) in [5.74, 6) is 0.781. The van der Waals surface area contributed by atoms with Crippen LogP contribution in [0.3, 0.4) is 0 Å². The molecule has 0 aliphatic heterocycles. The molecule has 23 heavy (non-hydrogen) atoms. The number of ether oxygens (including phenoxy) is 1. The number of benzene rings is 2. The van der Waals surface area contributed by atoms with E-state index in [1.807, 2.05) is 29.2 Å². The summed E-state index contributed by atoms with van der Waals surface area (Å²) in [4.78, 5) is 14.8. The monoisotopic (exact) mass is 311 g/mol. The van der Waals surface area contributed by atoms with Crippen molar-refractivity contribution in [2.24, 2.45) is 0 Å². The van der Waals surface area contributed by atoms with Crippen LogP contribution >= 0.6 is 0 Å². The molecule has 0 aliphatic carbocycles. The largest absolute Gasteiger partial charge is 0.497 e. The zero-order valence-electron chi connectivity index (χ0n) is 14.6. The van der Waals surface area contributed by atoms with Gasteiger partial charge in [0, 0.05) is 17.6 Å². The van der Waals surface area contributed by atoms with E-state index in [1.165, 1.54) is 5.56 Å². The summed E-state index contributed by atoms with van der Waals surface area (Å²) in [6, 6.07) is 15.6. The molecular formula is C20H25NO2. The fourth-order valence-electron chi connectivity index (χ4n) is 2.38. The molecule has 0 unspecified atom stereocenters. The maximum absolute atomic E-state index is 12.9.